The molecular formula is C12H15ClN4O2S2. The maximum Gasteiger partial charge on any atom is 0.242 e. The molecule has 0 aliphatic carbocycles. The van der Waals surface area contributed by atoms with Crippen LogP contribution in [0.3, 0.4) is 0 Å². The molecule has 2 aromatic heterocycles. The van der Waals surface area contributed by atoms with Gasteiger partial charge in [-0.3, -0.25) is 0 Å². The molecule has 0 amide bonds. The zero-order valence-corrected chi connectivity index (χ0v) is 13.9. The molecule has 0 aromatic carbocycles. The molecule has 2 rings (SSSR count). The smallest absolute Gasteiger partial charge is 0.242 e. The lowest BCUT2D eigenvalue weighted by Crippen LogP contribution is -2.26. The van der Waals surface area contributed by atoms with Crippen molar-refractivity contribution in [2.24, 2.45) is 0 Å². The first kappa shape index (κ1) is 16.2. The zero-order chi connectivity index (χ0) is 15.5. The van der Waals surface area contributed by atoms with Crippen molar-refractivity contribution in [1.82, 2.24) is 14.7 Å². The molecule has 0 aliphatic heterocycles. The molecule has 0 saturated carbocycles. The predicted octanol–water partition coefficient (Wildman–Crippen LogP) is 2.06. The predicted molar refractivity (Wildman–Crippen MR) is 84.5 cm³/mol. The number of anilines is 1. The van der Waals surface area contributed by atoms with Crippen molar-refractivity contribution in [3.8, 4) is 0 Å². The monoisotopic (exact) mass is 346 g/mol. The molecule has 0 spiro atoms. The first-order valence-corrected chi connectivity index (χ1v) is 8.90. The molecule has 2 N–H and O–H groups in total. The zero-order valence-electron chi connectivity index (χ0n) is 11.6. The Balaban J connectivity index is 2.02. The summed E-state index contributed by atoms with van der Waals surface area (Å²) in [4.78, 5) is 8.29. The number of halogens is 1. The van der Waals surface area contributed by atoms with E-state index in [9.17, 15) is 8.42 Å². The van der Waals surface area contributed by atoms with E-state index in [-0.39, 0.29) is 16.5 Å². The number of pyridine rings is 1. The Bertz CT molecular complexity index is 731. The number of rotatable bonds is 6. The highest BCUT2D eigenvalue weighted by molar-refractivity contribution is 7.89. The topological polar surface area (TPSA) is 84.0 Å². The second kappa shape index (κ2) is 6.69. The van der Waals surface area contributed by atoms with E-state index in [0.29, 0.717) is 12.2 Å². The number of sulfonamides is 1. The maximum atomic E-state index is 12.1. The van der Waals surface area contributed by atoms with E-state index in [1.807, 2.05) is 12.3 Å². The number of nitrogens with one attached hydrogen (secondary N) is 2. The fraction of sp³-hybridized carbons (Fsp3) is 0.333. The average molecular weight is 347 g/mol. The van der Waals surface area contributed by atoms with Gasteiger partial charge in [-0.05, 0) is 13.0 Å². The van der Waals surface area contributed by atoms with Gasteiger partial charge in [0.05, 0.1) is 10.0 Å². The Morgan fingerprint density at radius 2 is 2.19 bits per heavy atom. The molecule has 6 nitrogen and oxygen atoms in total. The summed E-state index contributed by atoms with van der Waals surface area (Å²) < 4.78 is 26.8. The number of nitrogens with zero attached hydrogens (tertiary/aromatic N) is 2. The molecule has 114 valence electrons. The van der Waals surface area contributed by atoms with E-state index in [1.54, 1.807) is 7.05 Å². The molecule has 0 saturated heterocycles. The van der Waals surface area contributed by atoms with Crippen LogP contribution in [-0.4, -0.2) is 32.0 Å². The molecule has 2 aromatic rings. The third kappa shape index (κ3) is 4.13. The lowest BCUT2D eigenvalue weighted by atomic mass is 10.4. The molecule has 0 aliphatic rings. The van der Waals surface area contributed by atoms with Crippen LogP contribution in [0, 0.1) is 6.92 Å². The molecule has 0 bridgehead atoms. The summed E-state index contributed by atoms with van der Waals surface area (Å²) in [5.74, 6) is 0.439. The SMILES string of the molecule is CNc1ncc(S(=O)(=O)NCCc2nc(C)cs2)cc1Cl. The van der Waals surface area contributed by atoms with E-state index in [2.05, 4.69) is 20.0 Å². The Kier molecular flexibility index (Phi) is 5.15. The van der Waals surface area contributed by atoms with Crippen LogP contribution < -0.4 is 10.0 Å². The first-order chi connectivity index (χ1) is 9.92. The highest BCUT2D eigenvalue weighted by atomic mass is 35.5. The summed E-state index contributed by atoms with van der Waals surface area (Å²) in [6, 6.07) is 1.37. The van der Waals surface area contributed by atoms with Crippen LogP contribution >= 0.6 is 22.9 Å². The molecule has 0 atom stereocenters. The van der Waals surface area contributed by atoms with Crippen LogP contribution in [0.1, 0.15) is 10.7 Å². The number of thiazole rings is 1. The lowest BCUT2D eigenvalue weighted by Gasteiger charge is -2.08. The van der Waals surface area contributed by atoms with Gasteiger partial charge in [-0.15, -0.1) is 11.3 Å². The van der Waals surface area contributed by atoms with Crippen LogP contribution in [0.25, 0.3) is 0 Å². The normalized spacial score (nSPS) is 11.6. The van der Waals surface area contributed by atoms with Gasteiger partial charge in [0.25, 0.3) is 0 Å². The molecule has 0 fully saturated rings. The maximum absolute atomic E-state index is 12.1. The fourth-order valence-electron chi connectivity index (χ4n) is 1.64. The fourth-order valence-corrected chi connectivity index (χ4v) is 3.75. The van der Waals surface area contributed by atoms with Gasteiger partial charge in [0, 0.05) is 37.3 Å². The van der Waals surface area contributed by atoms with Gasteiger partial charge in [0.1, 0.15) is 10.7 Å². The van der Waals surface area contributed by atoms with Gasteiger partial charge in [-0.1, -0.05) is 11.6 Å². The Hall–Kier alpha value is -1.22. The van der Waals surface area contributed by atoms with Crippen molar-refractivity contribution < 1.29 is 8.42 Å². The average Bonchev–Trinajstić information content (AvgIpc) is 2.84. The summed E-state index contributed by atoms with van der Waals surface area (Å²) in [6.45, 7) is 2.18. The largest absolute Gasteiger partial charge is 0.372 e. The molecule has 0 radical (unpaired) electrons. The van der Waals surface area contributed by atoms with Crippen LogP contribution in [0.15, 0.2) is 22.5 Å². The van der Waals surface area contributed by atoms with Crippen molar-refractivity contribution in [3.05, 3.63) is 33.4 Å². The van der Waals surface area contributed by atoms with E-state index in [1.165, 1.54) is 23.6 Å². The van der Waals surface area contributed by atoms with Crippen LogP contribution in [-0.2, 0) is 16.4 Å². The molecule has 0 unspecified atom stereocenters. The summed E-state index contributed by atoms with van der Waals surface area (Å²) in [7, 11) is -1.96. The number of aryl methyl sites for hydroxylation is 1. The lowest BCUT2D eigenvalue weighted by molar-refractivity contribution is 0.581. The van der Waals surface area contributed by atoms with E-state index >= 15 is 0 Å². The van der Waals surface area contributed by atoms with Crippen molar-refractivity contribution >= 4 is 38.8 Å². The minimum Gasteiger partial charge on any atom is -0.372 e. The van der Waals surface area contributed by atoms with Crippen molar-refractivity contribution in [2.45, 2.75) is 18.2 Å². The number of aromatic nitrogens is 2. The third-order valence-electron chi connectivity index (χ3n) is 2.66. The molecular weight excluding hydrogens is 332 g/mol. The quantitative estimate of drug-likeness (QED) is 0.836. The summed E-state index contributed by atoms with van der Waals surface area (Å²) in [5, 5.41) is 5.87. The van der Waals surface area contributed by atoms with Gasteiger partial charge >= 0.3 is 0 Å². The second-order valence-electron chi connectivity index (χ2n) is 4.28. The molecule has 2 heterocycles. The Morgan fingerprint density at radius 3 is 2.76 bits per heavy atom. The van der Waals surface area contributed by atoms with Crippen molar-refractivity contribution in [1.29, 1.82) is 0 Å². The number of hydrogen-bond donors (Lipinski definition) is 2. The van der Waals surface area contributed by atoms with Gasteiger partial charge in [0.15, 0.2) is 0 Å². The minimum atomic E-state index is -3.62. The van der Waals surface area contributed by atoms with Gasteiger partial charge in [0.2, 0.25) is 10.0 Å². The van der Waals surface area contributed by atoms with Crippen LogP contribution in [0.5, 0.6) is 0 Å². The summed E-state index contributed by atoms with van der Waals surface area (Å²) >= 11 is 7.46. The third-order valence-corrected chi connectivity index (χ3v) is 5.40. The standard InChI is InChI=1S/C12H15ClN4O2S2/c1-8-7-20-11(17-8)3-4-16-21(18,19)9-5-10(13)12(14-2)15-6-9/h5-7,16H,3-4H2,1-2H3,(H,14,15). The van der Waals surface area contributed by atoms with Crippen molar-refractivity contribution in [2.75, 3.05) is 18.9 Å². The molecule has 21 heavy (non-hydrogen) atoms. The van der Waals surface area contributed by atoms with Gasteiger partial charge in [-0.25, -0.2) is 23.1 Å². The Labute approximate surface area is 132 Å². The molecule has 9 heteroatoms. The van der Waals surface area contributed by atoms with E-state index in [4.69, 9.17) is 11.6 Å². The van der Waals surface area contributed by atoms with Crippen LogP contribution in [0.4, 0.5) is 5.82 Å². The highest BCUT2D eigenvalue weighted by Gasteiger charge is 2.16. The van der Waals surface area contributed by atoms with E-state index in [0.717, 1.165) is 10.7 Å². The van der Waals surface area contributed by atoms with Crippen LogP contribution in [0.2, 0.25) is 5.02 Å². The summed E-state index contributed by atoms with van der Waals surface area (Å²) in [6.07, 6.45) is 1.82. The highest BCUT2D eigenvalue weighted by Crippen LogP contribution is 2.21. The second-order valence-corrected chi connectivity index (χ2v) is 7.40. The number of hydrogen-bond acceptors (Lipinski definition) is 6. The van der Waals surface area contributed by atoms with Crippen molar-refractivity contribution in [3.63, 3.8) is 0 Å². The first-order valence-electron chi connectivity index (χ1n) is 6.16. The summed E-state index contributed by atoms with van der Waals surface area (Å²) in [5.41, 5.74) is 0.941. The minimum absolute atomic E-state index is 0.0434. The van der Waals surface area contributed by atoms with Gasteiger partial charge < -0.3 is 5.32 Å². The van der Waals surface area contributed by atoms with E-state index < -0.39 is 10.0 Å². The van der Waals surface area contributed by atoms with Gasteiger partial charge in [-0.2, -0.15) is 0 Å². The Morgan fingerprint density at radius 1 is 1.43 bits per heavy atom.